The highest BCUT2D eigenvalue weighted by Crippen LogP contribution is 2.39. The van der Waals surface area contributed by atoms with Crippen LogP contribution in [0, 0.1) is 11.7 Å². The molecule has 3 aliphatic rings. The summed E-state index contributed by atoms with van der Waals surface area (Å²) in [5.41, 5.74) is 4.15. The van der Waals surface area contributed by atoms with Gasteiger partial charge in [0.25, 0.3) is 17.4 Å². The number of carbonyl (C=O) groups is 2. The molecular formula is C35H33ClFN5O3. The lowest BCUT2D eigenvalue weighted by Crippen LogP contribution is -2.49. The molecule has 7 rings (SSSR count). The largest absolute Gasteiger partial charge is 0.369 e. The molecule has 2 atom stereocenters. The zero-order valence-corrected chi connectivity index (χ0v) is 25.4. The van der Waals surface area contributed by atoms with Gasteiger partial charge in [-0.1, -0.05) is 29.8 Å². The third-order valence-electron chi connectivity index (χ3n) is 9.18. The Morgan fingerprint density at radius 1 is 0.778 bits per heavy atom. The van der Waals surface area contributed by atoms with Gasteiger partial charge in [-0.2, -0.15) is 0 Å². The predicted octanol–water partition coefficient (Wildman–Crippen LogP) is 5.48. The third kappa shape index (κ3) is 5.80. The summed E-state index contributed by atoms with van der Waals surface area (Å²) in [4.78, 5) is 45.9. The van der Waals surface area contributed by atoms with Gasteiger partial charge in [-0.15, -0.1) is 0 Å². The Balaban J connectivity index is 1.15. The van der Waals surface area contributed by atoms with Gasteiger partial charge >= 0.3 is 0 Å². The second kappa shape index (κ2) is 12.0. The van der Waals surface area contributed by atoms with Crippen LogP contribution in [0.1, 0.15) is 38.7 Å². The second-order valence-corrected chi connectivity index (χ2v) is 12.4. The molecule has 0 aliphatic carbocycles. The maximum absolute atomic E-state index is 13.8. The molecule has 2 unspecified atom stereocenters. The first kappa shape index (κ1) is 29.1. The number of pyridine rings is 1. The van der Waals surface area contributed by atoms with Gasteiger partial charge in [-0.05, 0) is 73.0 Å². The van der Waals surface area contributed by atoms with Gasteiger partial charge in [-0.3, -0.25) is 14.4 Å². The monoisotopic (exact) mass is 625 g/mol. The van der Waals surface area contributed by atoms with E-state index in [2.05, 4.69) is 15.1 Å². The van der Waals surface area contributed by atoms with Gasteiger partial charge in [-0.25, -0.2) is 4.39 Å². The fourth-order valence-electron chi connectivity index (χ4n) is 6.98. The number of nitrogens with one attached hydrogen (secondary N) is 1. The molecule has 2 saturated heterocycles. The smallest absolute Gasteiger partial charge is 0.255 e. The van der Waals surface area contributed by atoms with Crippen LogP contribution in [0.5, 0.6) is 0 Å². The second-order valence-electron chi connectivity index (χ2n) is 12.0. The van der Waals surface area contributed by atoms with Crippen molar-refractivity contribution in [1.82, 2.24) is 9.47 Å². The van der Waals surface area contributed by atoms with E-state index in [0.29, 0.717) is 67.7 Å². The Kier molecular flexibility index (Phi) is 7.79. The number of fused-ring (bicyclic) bond motifs is 4. The molecule has 0 spiro atoms. The Labute approximate surface area is 265 Å². The van der Waals surface area contributed by atoms with Gasteiger partial charge in [0.1, 0.15) is 5.82 Å². The SMILES string of the molecule is O=C(Nc1cc(C(=O)N2CCN(c3ccccc3Cl)CC2)ccc1N1CC2CC(C1)c1cccc(=O)n1C2)c1ccc(F)cc1. The van der Waals surface area contributed by atoms with Crippen molar-refractivity contribution in [2.45, 2.75) is 18.9 Å². The lowest BCUT2D eigenvalue weighted by atomic mass is 9.83. The molecule has 0 saturated carbocycles. The lowest BCUT2D eigenvalue weighted by Gasteiger charge is -2.44. The van der Waals surface area contributed by atoms with E-state index in [0.717, 1.165) is 23.5 Å². The Bertz CT molecular complexity index is 1820. The Hall–Kier alpha value is -4.63. The molecule has 8 nitrogen and oxygen atoms in total. The van der Waals surface area contributed by atoms with Gasteiger partial charge < -0.3 is 24.6 Å². The molecule has 3 aromatic carbocycles. The molecule has 1 N–H and O–H groups in total. The van der Waals surface area contributed by atoms with Gasteiger partial charge in [0.2, 0.25) is 0 Å². The van der Waals surface area contributed by atoms with Crippen LogP contribution in [0.2, 0.25) is 5.02 Å². The predicted molar refractivity (Wildman–Crippen MR) is 174 cm³/mol. The van der Waals surface area contributed by atoms with Crippen LogP contribution in [0.15, 0.2) is 89.7 Å². The minimum Gasteiger partial charge on any atom is -0.369 e. The molecule has 3 aliphatic heterocycles. The number of halogens is 2. The average molecular weight is 626 g/mol. The zero-order valence-electron chi connectivity index (χ0n) is 24.7. The van der Waals surface area contributed by atoms with E-state index < -0.39 is 5.82 Å². The molecule has 2 amide bonds. The number of piperazine rings is 1. The van der Waals surface area contributed by atoms with Crippen molar-refractivity contribution in [1.29, 1.82) is 0 Å². The number of hydrogen-bond donors (Lipinski definition) is 1. The van der Waals surface area contributed by atoms with Crippen molar-refractivity contribution >= 4 is 40.5 Å². The summed E-state index contributed by atoms with van der Waals surface area (Å²) in [6, 6.07) is 24.0. The quantitative estimate of drug-likeness (QED) is 0.318. The summed E-state index contributed by atoms with van der Waals surface area (Å²) >= 11 is 6.41. The Morgan fingerprint density at radius 3 is 2.31 bits per heavy atom. The summed E-state index contributed by atoms with van der Waals surface area (Å²) in [6.45, 7) is 4.43. The molecule has 2 bridgehead atoms. The van der Waals surface area contributed by atoms with Crippen molar-refractivity contribution in [2.75, 3.05) is 54.4 Å². The Morgan fingerprint density at radius 2 is 1.53 bits per heavy atom. The first-order valence-electron chi connectivity index (χ1n) is 15.3. The number of benzene rings is 3. The number of anilines is 3. The van der Waals surface area contributed by atoms with E-state index in [1.807, 2.05) is 58.0 Å². The molecule has 45 heavy (non-hydrogen) atoms. The standard InChI is InChI=1S/C35H33ClFN5O3/c36-28-4-1-2-5-31(28)39-14-16-40(17-15-39)35(45)25-10-13-32(29(19-25)38-34(44)24-8-11-27(37)12-9-24)41-20-23-18-26(22-41)30-6-3-7-33(43)42(30)21-23/h1-13,19,23,26H,14-18,20-22H2,(H,38,44). The summed E-state index contributed by atoms with van der Waals surface area (Å²) in [5.74, 6) is -0.478. The molecule has 2 fully saturated rings. The van der Waals surface area contributed by atoms with E-state index in [1.165, 1.54) is 24.3 Å². The summed E-state index contributed by atoms with van der Waals surface area (Å²) in [7, 11) is 0. The fraction of sp³-hybridized carbons (Fsp3) is 0.286. The van der Waals surface area contributed by atoms with E-state index in [9.17, 15) is 18.8 Å². The van der Waals surface area contributed by atoms with E-state index in [4.69, 9.17) is 11.6 Å². The van der Waals surface area contributed by atoms with Crippen molar-refractivity contribution in [3.8, 4) is 0 Å². The van der Waals surface area contributed by atoms with Crippen molar-refractivity contribution in [3.05, 3.63) is 123 Å². The molecule has 1 aromatic heterocycles. The van der Waals surface area contributed by atoms with Crippen LogP contribution in [0.25, 0.3) is 0 Å². The van der Waals surface area contributed by atoms with E-state index >= 15 is 0 Å². The lowest BCUT2D eigenvalue weighted by molar-refractivity contribution is 0.0746. The number of nitrogens with zero attached hydrogens (tertiary/aromatic N) is 4. The number of aromatic nitrogens is 1. The molecule has 0 radical (unpaired) electrons. The minimum atomic E-state index is -0.422. The highest BCUT2D eigenvalue weighted by Gasteiger charge is 2.35. The normalized spacial score (nSPS) is 19.2. The topological polar surface area (TPSA) is 77.9 Å². The van der Waals surface area contributed by atoms with Crippen LogP contribution in [-0.2, 0) is 6.54 Å². The van der Waals surface area contributed by atoms with Crippen molar-refractivity contribution in [3.63, 3.8) is 0 Å². The van der Waals surface area contributed by atoms with Crippen LogP contribution in [-0.4, -0.2) is 60.5 Å². The zero-order chi connectivity index (χ0) is 31.1. The molecule has 4 aromatic rings. The first-order chi connectivity index (χ1) is 21.8. The summed E-state index contributed by atoms with van der Waals surface area (Å²) in [6.07, 6.45) is 0.994. The van der Waals surface area contributed by atoms with Crippen LogP contribution in [0.4, 0.5) is 21.5 Å². The molecule has 4 heterocycles. The van der Waals surface area contributed by atoms with Crippen LogP contribution < -0.4 is 20.7 Å². The van der Waals surface area contributed by atoms with Gasteiger partial charge in [0.15, 0.2) is 0 Å². The fourth-order valence-corrected chi connectivity index (χ4v) is 7.23. The number of carbonyl (C=O) groups excluding carboxylic acids is 2. The highest BCUT2D eigenvalue weighted by atomic mass is 35.5. The first-order valence-corrected chi connectivity index (χ1v) is 15.7. The third-order valence-corrected chi connectivity index (χ3v) is 9.50. The highest BCUT2D eigenvalue weighted by molar-refractivity contribution is 6.33. The van der Waals surface area contributed by atoms with E-state index in [-0.39, 0.29) is 29.2 Å². The van der Waals surface area contributed by atoms with E-state index in [1.54, 1.807) is 12.1 Å². The molecule has 230 valence electrons. The molecule has 10 heteroatoms. The van der Waals surface area contributed by atoms with Crippen LogP contribution in [0.3, 0.4) is 0 Å². The van der Waals surface area contributed by atoms with Crippen molar-refractivity contribution < 1.29 is 14.0 Å². The van der Waals surface area contributed by atoms with Gasteiger partial charge in [0, 0.05) is 74.6 Å². The minimum absolute atomic E-state index is 0.0264. The maximum Gasteiger partial charge on any atom is 0.255 e. The van der Waals surface area contributed by atoms with Crippen molar-refractivity contribution in [2.24, 2.45) is 5.92 Å². The molecular weight excluding hydrogens is 593 g/mol. The number of rotatable bonds is 5. The van der Waals surface area contributed by atoms with Gasteiger partial charge in [0.05, 0.1) is 22.1 Å². The number of hydrogen-bond acceptors (Lipinski definition) is 5. The van der Waals surface area contributed by atoms with Crippen LogP contribution >= 0.6 is 11.6 Å². The average Bonchev–Trinajstić information content (AvgIpc) is 3.05. The number of piperidine rings is 1. The summed E-state index contributed by atoms with van der Waals surface area (Å²) < 4.78 is 15.5. The number of amides is 2. The maximum atomic E-state index is 13.8. The number of para-hydroxylation sites is 1. The summed E-state index contributed by atoms with van der Waals surface area (Å²) in [5, 5.41) is 3.71.